The van der Waals surface area contributed by atoms with Crippen LogP contribution in [0.4, 0.5) is 0 Å². The van der Waals surface area contributed by atoms with Crippen LogP contribution in [0.3, 0.4) is 0 Å². The maximum absolute atomic E-state index is 5.83. The molecule has 0 unspecified atom stereocenters. The third-order valence-electron chi connectivity index (χ3n) is 3.12. The second-order valence-corrected chi connectivity index (χ2v) is 5.80. The van der Waals surface area contributed by atoms with Crippen LogP contribution in [0, 0.1) is 5.92 Å². The van der Waals surface area contributed by atoms with Gasteiger partial charge in [-0.3, -0.25) is 0 Å². The van der Waals surface area contributed by atoms with Gasteiger partial charge in [-0.05, 0) is 56.8 Å². The summed E-state index contributed by atoms with van der Waals surface area (Å²) in [6.45, 7) is 10.3. The van der Waals surface area contributed by atoms with Crippen molar-refractivity contribution in [2.24, 2.45) is 5.92 Å². The average molecular weight is 293 g/mol. The molecule has 0 aliphatic heterocycles. The monoisotopic (exact) mass is 293 g/mol. The summed E-state index contributed by atoms with van der Waals surface area (Å²) in [7, 11) is 0. The number of ether oxygens (including phenoxy) is 2. The van der Waals surface area contributed by atoms with E-state index < -0.39 is 0 Å². The van der Waals surface area contributed by atoms with Crippen LogP contribution in [0.15, 0.2) is 24.3 Å². The summed E-state index contributed by atoms with van der Waals surface area (Å²) in [4.78, 5) is 0. The van der Waals surface area contributed by atoms with Crippen LogP contribution in [-0.2, 0) is 0 Å². The molecule has 3 nitrogen and oxygen atoms in total. The van der Waals surface area contributed by atoms with E-state index in [9.17, 15) is 0 Å². The second-order valence-electron chi connectivity index (χ2n) is 5.80. The summed E-state index contributed by atoms with van der Waals surface area (Å²) in [6, 6.07) is 7.93. The standard InChI is InChI=1S/C18H31NO2/c1-4-13-20-17-10-6-7-11-18(17)21-14-9-5-8-12-19-15-16(2)3/h6-7,10-11,16,19H,4-5,8-9,12-15H2,1-3H3. The van der Waals surface area contributed by atoms with Crippen molar-refractivity contribution in [1.29, 1.82) is 0 Å². The van der Waals surface area contributed by atoms with Gasteiger partial charge in [0.05, 0.1) is 13.2 Å². The fraction of sp³-hybridized carbons (Fsp3) is 0.667. The van der Waals surface area contributed by atoms with E-state index in [2.05, 4.69) is 26.1 Å². The van der Waals surface area contributed by atoms with E-state index in [1.807, 2.05) is 24.3 Å². The molecule has 0 saturated heterocycles. The average Bonchev–Trinajstić information content (AvgIpc) is 2.48. The predicted octanol–water partition coefficient (Wildman–Crippen LogP) is 4.27. The topological polar surface area (TPSA) is 30.5 Å². The fourth-order valence-electron chi connectivity index (χ4n) is 2.00. The molecule has 1 aromatic rings. The number of para-hydroxylation sites is 2. The molecule has 0 radical (unpaired) electrons. The predicted molar refractivity (Wildman–Crippen MR) is 89.3 cm³/mol. The van der Waals surface area contributed by atoms with Crippen molar-refractivity contribution in [2.75, 3.05) is 26.3 Å². The molecule has 0 saturated carbocycles. The molecule has 0 aromatic heterocycles. The van der Waals surface area contributed by atoms with Gasteiger partial charge in [-0.2, -0.15) is 0 Å². The Morgan fingerprint density at radius 1 is 0.952 bits per heavy atom. The van der Waals surface area contributed by atoms with Gasteiger partial charge in [0.1, 0.15) is 0 Å². The number of rotatable bonds is 12. The minimum absolute atomic E-state index is 0.730. The molecular formula is C18H31NO2. The first-order valence-corrected chi connectivity index (χ1v) is 8.29. The number of benzene rings is 1. The molecule has 0 aliphatic carbocycles. The van der Waals surface area contributed by atoms with Gasteiger partial charge in [0.25, 0.3) is 0 Å². The summed E-state index contributed by atoms with van der Waals surface area (Å²) in [5.74, 6) is 2.45. The molecule has 21 heavy (non-hydrogen) atoms. The zero-order chi connectivity index (χ0) is 15.3. The molecule has 0 heterocycles. The van der Waals surface area contributed by atoms with E-state index in [0.717, 1.165) is 56.6 Å². The Morgan fingerprint density at radius 2 is 1.62 bits per heavy atom. The Labute approximate surface area is 130 Å². The van der Waals surface area contributed by atoms with Crippen molar-refractivity contribution in [3.05, 3.63) is 24.3 Å². The highest BCUT2D eigenvalue weighted by Gasteiger charge is 2.03. The van der Waals surface area contributed by atoms with Crippen molar-refractivity contribution in [3.8, 4) is 11.5 Å². The summed E-state index contributed by atoms with van der Waals surface area (Å²) >= 11 is 0. The number of unbranched alkanes of at least 4 members (excludes halogenated alkanes) is 2. The maximum Gasteiger partial charge on any atom is 0.161 e. The van der Waals surface area contributed by atoms with Gasteiger partial charge in [0.15, 0.2) is 11.5 Å². The van der Waals surface area contributed by atoms with Crippen molar-refractivity contribution in [2.45, 2.75) is 46.5 Å². The first-order chi connectivity index (χ1) is 10.2. The van der Waals surface area contributed by atoms with Crippen molar-refractivity contribution in [3.63, 3.8) is 0 Å². The van der Waals surface area contributed by atoms with E-state index in [4.69, 9.17) is 9.47 Å². The molecule has 0 spiro atoms. The molecule has 120 valence electrons. The quantitative estimate of drug-likeness (QED) is 0.584. The van der Waals surface area contributed by atoms with Crippen LogP contribution < -0.4 is 14.8 Å². The van der Waals surface area contributed by atoms with Gasteiger partial charge in [-0.1, -0.05) is 32.9 Å². The van der Waals surface area contributed by atoms with Crippen LogP contribution in [0.25, 0.3) is 0 Å². The number of hydrogen-bond acceptors (Lipinski definition) is 3. The van der Waals surface area contributed by atoms with Crippen LogP contribution in [-0.4, -0.2) is 26.3 Å². The molecule has 1 rings (SSSR count). The Morgan fingerprint density at radius 3 is 2.24 bits per heavy atom. The van der Waals surface area contributed by atoms with Gasteiger partial charge >= 0.3 is 0 Å². The summed E-state index contributed by atoms with van der Waals surface area (Å²) in [5, 5.41) is 3.46. The van der Waals surface area contributed by atoms with Crippen LogP contribution >= 0.6 is 0 Å². The van der Waals surface area contributed by atoms with Crippen LogP contribution in [0.2, 0.25) is 0 Å². The minimum atomic E-state index is 0.730. The van der Waals surface area contributed by atoms with E-state index >= 15 is 0 Å². The molecule has 1 N–H and O–H groups in total. The van der Waals surface area contributed by atoms with E-state index in [0.29, 0.717) is 0 Å². The van der Waals surface area contributed by atoms with E-state index in [-0.39, 0.29) is 0 Å². The summed E-state index contributed by atoms with van der Waals surface area (Å²) in [6.07, 6.45) is 4.51. The second kappa shape index (κ2) is 11.4. The maximum atomic E-state index is 5.83. The zero-order valence-electron chi connectivity index (χ0n) is 13.9. The molecule has 0 atom stereocenters. The van der Waals surface area contributed by atoms with Crippen LogP contribution in [0.1, 0.15) is 46.5 Å². The molecular weight excluding hydrogens is 262 g/mol. The largest absolute Gasteiger partial charge is 0.490 e. The van der Waals surface area contributed by atoms with Gasteiger partial charge < -0.3 is 14.8 Å². The van der Waals surface area contributed by atoms with Gasteiger partial charge in [-0.15, -0.1) is 0 Å². The Hall–Kier alpha value is -1.22. The van der Waals surface area contributed by atoms with Crippen molar-refractivity contribution < 1.29 is 9.47 Å². The lowest BCUT2D eigenvalue weighted by Gasteiger charge is -2.12. The highest BCUT2D eigenvalue weighted by molar-refractivity contribution is 5.39. The number of hydrogen-bond donors (Lipinski definition) is 1. The van der Waals surface area contributed by atoms with Gasteiger partial charge in [-0.25, -0.2) is 0 Å². The summed E-state index contributed by atoms with van der Waals surface area (Å²) in [5.41, 5.74) is 0. The molecule has 0 bridgehead atoms. The third kappa shape index (κ3) is 8.61. The Balaban J connectivity index is 2.12. The first kappa shape index (κ1) is 17.8. The third-order valence-corrected chi connectivity index (χ3v) is 3.12. The van der Waals surface area contributed by atoms with Crippen LogP contribution in [0.5, 0.6) is 11.5 Å². The van der Waals surface area contributed by atoms with E-state index in [1.165, 1.54) is 12.8 Å². The lowest BCUT2D eigenvalue weighted by atomic mass is 10.2. The molecule has 0 fully saturated rings. The summed E-state index contributed by atoms with van der Waals surface area (Å²) < 4.78 is 11.5. The molecule has 1 aromatic carbocycles. The van der Waals surface area contributed by atoms with Gasteiger partial charge in [0.2, 0.25) is 0 Å². The highest BCUT2D eigenvalue weighted by Crippen LogP contribution is 2.26. The number of nitrogens with one attached hydrogen (secondary N) is 1. The first-order valence-electron chi connectivity index (χ1n) is 8.29. The van der Waals surface area contributed by atoms with Crippen molar-refractivity contribution in [1.82, 2.24) is 5.32 Å². The fourth-order valence-corrected chi connectivity index (χ4v) is 2.00. The minimum Gasteiger partial charge on any atom is -0.490 e. The zero-order valence-corrected chi connectivity index (χ0v) is 13.9. The normalized spacial score (nSPS) is 10.9. The Kier molecular flexibility index (Phi) is 9.71. The lowest BCUT2D eigenvalue weighted by Crippen LogP contribution is -2.20. The highest BCUT2D eigenvalue weighted by atomic mass is 16.5. The lowest BCUT2D eigenvalue weighted by molar-refractivity contribution is 0.263. The SMILES string of the molecule is CCCOc1ccccc1OCCCCCNCC(C)C. The smallest absolute Gasteiger partial charge is 0.161 e. The van der Waals surface area contributed by atoms with Gasteiger partial charge in [0, 0.05) is 0 Å². The van der Waals surface area contributed by atoms with E-state index in [1.54, 1.807) is 0 Å². The molecule has 0 amide bonds. The molecule has 3 heteroatoms. The Bertz CT molecular complexity index is 366. The van der Waals surface area contributed by atoms with Crippen molar-refractivity contribution >= 4 is 0 Å². The molecule has 0 aliphatic rings.